The normalized spacial score (nSPS) is 15.2. The summed E-state index contributed by atoms with van der Waals surface area (Å²) in [5.41, 5.74) is -0.147. The summed E-state index contributed by atoms with van der Waals surface area (Å²) in [7, 11) is -2.32. The second-order valence-electron chi connectivity index (χ2n) is 5.01. The number of methoxy groups -OCH3 is 1. The molecule has 116 valence electrons. The predicted molar refractivity (Wildman–Crippen MR) is 77.2 cm³/mol. The molecular weight excluding hydrogens is 294 g/mol. The number of carboxylic acids is 1. The molecule has 2 rings (SSSR count). The smallest absolute Gasteiger partial charge is 0.339 e. The van der Waals surface area contributed by atoms with Gasteiger partial charge in [0, 0.05) is 12.6 Å². The van der Waals surface area contributed by atoms with Crippen molar-refractivity contribution >= 4 is 16.0 Å². The maximum Gasteiger partial charge on any atom is 0.339 e. The number of carboxylic acid groups (broad SMARTS) is 1. The molecule has 0 atom stereocenters. The predicted octanol–water partition coefficient (Wildman–Crippen LogP) is 1.96. The van der Waals surface area contributed by atoms with E-state index in [9.17, 15) is 13.2 Å². The van der Waals surface area contributed by atoms with Crippen LogP contribution in [0.25, 0.3) is 0 Å². The van der Waals surface area contributed by atoms with Crippen LogP contribution in [0.2, 0.25) is 0 Å². The molecule has 1 aliphatic carbocycles. The number of sulfonamides is 1. The number of carbonyl (C=O) groups is 1. The Balaban J connectivity index is 2.44. The van der Waals surface area contributed by atoms with Gasteiger partial charge in [-0.2, -0.15) is 4.31 Å². The Kier molecular flexibility index (Phi) is 4.53. The van der Waals surface area contributed by atoms with E-state index in [1.165, 1.54) is 29.6 Å². The molecule has 0 unspecified atom stereocenters. The lowest BCUT2D eigenvalue weighted by atomic mass is 10.2. The van der Waals surface area contributed by atoms with Gasteiger partial charge >= 0.3 is 5.97 Å². The summed E-state index contributed by atoms with van der Waals surface area (Å²) in [6, 6.07) is 3.99. The van der Waals surface area contributed by atoms with Crippen molar-refractivity contribution in [2.24, 2.45) is 0 Å². The minimum Gasteiger partial charge on any atom is -0.496 e. The van der Waals surface area contributed by atoms with Gasteiger partial charge in [0.2, 0.25) is 10.0 Å². The first-order valence-electron chi connectivity index (χ1n) is 6.85. The largest absolute Gasteiger partial charge is 0.496 e. The zero-order valence-electron chi connectivity index (χ0n) is 12.1. The molecule has 0 heterocycles. The van der Waals surface area contributed by atoms with Crippen LogP contribution in [0.4, 0.5) is 0 Å². The highest BCUT2D eigenvalue weighted by atomic mass is 32.2. The van der Waals surface area contributed by atoms with Gasteiger partial charge in [-0.25, -0.2) is 13.2 Å². The number of ether oxygens (including phenoxy) is 1. The van der Waals surface area contributed by atoms with Gasteiger partial charge in [0.1, 0.15) is 11.3 Å². The molecule has 0 bridgehead atoms. The average molecular weight is 313 g/mol. The highest BCUT2D eigenvalue weighted by Gasteiger charge is 2.37. The molecule has 1 aromatic carbocycles. The number of nitrogens with zero attached hydrogens (tertiary/aromatic N) is 1. The molecule has 21 heavy (non-hydrogen) atoms. The zero-order valence-corrected chi connectivity index (χ0v) is 12.9. The molecule has 6 nitrogen and oxygen atoms in total. The topological polar surface area (TPSA) is 83.9 Å². The summed E-state index contributed by atoms with van der Waals surface area (Å²) >= 11 is 0. The Morgan fingerprint density at radius 1 is 1.43 bits per heavy atom. The van der Waals surface area contributed by atoms with Gasteiger partial charge in [-0.15, -0.1) is 0 Å². The Bertz CT molecular complexity index is 637. The van der Waals surface area contributed by atoms with Gasteiger partial charge in [0.25, 0.3) is 0 Å². The van der Waals surface area contributed by atoms with Crippen LogP contribution < -0.4 is 4.74 Å². The lowest BCUT2D eigenvalue weighted by Crippen LogP contribution is -2.34. The number of benzene rings is 1. The number of rotatable bonds is 7. The molecule has 1 aliphatic rings. The van der Waals surface area contributed by atoms with Gasteiger partial charge in [-0.3, -0.25) is 0 Å². The quantitative estimate of drug-likeness (QED) is 0.832. The second-order valence-corrected chi connectivity index (χ2v) is 6.90. The third-order valence-corrected chi connectivity index (χ3v) is 5.35. The van der Waals surface area contributed by atoms with Crippen molar-refractivity contribution in [1.82, 2.24) is 4.31 Å². The van der Waals surface area contributed by atoms with E-state index in [0.29, 0.717) is 6.54 Å². The fourth-order valence-electron chi connectivity index (χ4n) is 2.23. The summed E-state index contributed by atoms with van der Waals surface area (Å²) in [6.07, 6.45) is 2.44. The van der Waals surface area contributed by atoms with Crippen molar-refractivity contribution in [1.29, 1.82) is 0 Å². The molecule has 0 radical (unpaired) electrons. The molecule has 1 fully saturated rings. The maximum atomic E-state index is 12.7. The highest BCUT2D eigenvalue weighted by Crippen LogP contribution is 2.33. The molecule has 1 saturated carbocycles. The van der Waals surface area contributed by atoms with Crippen LogP contribution in [0.3, 0.4) is 0 Å². The zero-order chi connectivity index (χ0) is 15.6. The molecule has 0 spiro atoms. The average Bonchev–Trinajstić information content (AvgIpc) is 3.28. The van der Waals surface area contributed by atoms with Crippen LogP contribution >= 0.6 is 0 Å². The first-order valence-corrected chi connectivity index (χ1v) is 8.29. The third kappa shape index (κ3) is 3.19. The van der Waals surface area contributed by atoms with Crippen LogP contribution in [-0.2, 0) is 10.0 Å². The SMILES string of the molecule is CCCN(C1CC1)S(=O)(=O)c1ccc(OC)c(C(=O)O)c1. The number of hydrogen-bond donors (Lipinski definition) is 1. The number of hydrogen-bond acceptors (Lipinski definition) is 4. The standard InChI is InChI=1S/C14H19NO5S/c1-3-8-15(10-4-5-10)21(18,19)11-6-7-13(20-2)12(9-11)14(16)17/h6-7,9-10H,3-5,8H2,1-2H3,(H,16,17). The Morgan fingerprint density at radius 2 is 2.10 bits per heavy atom. The van der Waals surface area contributed by atoms with Gasteiger partial charge in [-0.1, -0.05) is 6.92 Å². The molecule has 0 aromatic heterocycles. The van der Waals surface area contributed by atoms with E-state index < -0.39 is 16.0 Å². The van der Waals surface area contributed by atoms with Crippen LogP contribution in [0.15, 0.2) is 23.1 Å². The minimum atomic E-state index is -3.67. The fraction of sp³-hybridized carbons (Fsp3) is 0.500. The van der Waals surface area contributed by atoms with Gasteiger partial charge in [0.15, 0.2) is 0 Å². The van der Waals surface area contributed by atoms with E-state index in [1.807, 2.05) is 6.92 Å². The van der Waals surface area contributed by atoms with Gasteiger partial charge < -0.3 is 9.84 Å². The summed E-state index contributed by atoms with van der Waals surface area (Å²) < 4.78 is 31.8. The van der Waals surface area contributed by atoms with Crippen molar-refractivity contribution in [2.45, 2.75) is 37.1 Å². The van der Waals surface area contributed by atoms with Crippen LogP contribution in [0, 0.1) is 0 Å². The van der Waals surface area contributed by atoms with Crippen molar-refractivity contribution in [3.8, 4) is 5.75 Å². The van der Waals surface area contributed by atoms with Crippen molar-refractivity contribution < 1.29 is 23.1 Å². The lowest BCUT2D eigenvalue weighted by molar-refractivity contribution is 0.0693. The molecule has 1 aromatic rings. The maximum absolute atomic E-state index is 12.7. The molecule has 0 amide bonds. The molecule has 0 saturated heterocycles. The molecule has 1 N–H and O–H groups in total. The van der Waals surface area contributed by atoms with Crippen LogP contribution in [0.1, 0.15) is 36.5 Å². The van der Waals surface area contributed by atoms with Crippen molar-refractivity contribution in [3.05, 3.63) is 23.8 Å². The second kappa shape index (κ2) is 6.03. The minimum absolute atomic E-state index is 0.000972. The van der Waals surface area contributed by atoms with E-state index in [0.717, 1.165) is 19.3 Å². The van der Waals surface area contributed by atoms with Gasteiger partial charge in [-0.05, 0) is 37.5 Å². The lowest BCUT2D eigenvalue weighted by Gasteiger charge is -2.21. The van der Waals surface area contributed by atoms with Crippen LogP contribution in [-0.4, -0.2) is 43.5 Å². The van der Waals surface area contributed by atoms with E-state index in [1.54, 1.807) is 0 Å². The number of aromatic carboxylic acids is 1. The summed E-state index contributed by atoms with van der Waals surface area (Å²) in [6.45, 7) is 2.36. The molecular formula is C14H19NO5S. The Hall–Kier alpha value is -1.60. The first kappa shape index (κ1) is 15.8. The molecule has 7 heteroatoms. The van der Waals surface area contributed by atoms with E-state index >= 15 is 0 Å². The Morgan fingerprint density at radius 3 is 2.57 bits per heavy atom. The van der Waals surface area contributed by atoms with Gasteiger partial charge in [0.05, 0.1) is 12.0 Å². The van der Waals surface area contributed by atoms with E-state index in [-0.39, 0.29) is 22.3 Å². The third-order valence-electron chi connectivity index (χ3n) is 3.41. The first-order chi connectivity index (χ1) is 9.91. The molecule has 0 aliphatic heterocycles. The highest BCUT2D eigenvalue weighted by molar-refractivity contribution is 7.89. The van der Waals surface area contributed by atoms with Crippen LogP contribution in [0.5, 0.6) is 5.75 Å². The van der Waals surface area contributed by atoms with E-state index in [4.69, 9.17) is 9.84 Å². The van der Waals surface area contributed by atoms with Crippen molar-refractivity contribution in [2.75, 3.05) is 13.7 Å². The fourth-order valence-corrected chi connectivity index (χ4v) is 4.04. The van der Waals surface area contributed by atoms with Crippen molar-refractivity contribution in [3.63, 3.8) is 0 Å². The van der Waals surface area contributed by atoms with E-state index in [2.05, 4.69) is 0 Å². The summed E-state index contributed by atoms with van der Waals surface area (Å²) in [5, 5.41) is 9.16. The summed E-state index contributed by atoms with van der Waals surface area (Å²) in [4.78, 5) is 11.2. The Labute approximate surface area is 124 Å². The monoisotopic (exact) mass is 313 g/mol. The summed E-state index contributed by atoms with van der Waals surface area (Å²) in [5.74, 6) is -1.06.